The lowest BCUT2D eigenvalue weighted by Gasteiger charge is -2.28. The Kier molecular flexibility index (Phi) is 9.25. The molecule has 0 aromatic carbocycles. The van der Waals surface area contributed by atoms with E-state index in [9.17, 15) is 18.4 Å². The van der Waals surface area contributed by atoms with Gasteiger partial charge in [-0.3, -0.25) is 4.98 Å². The van der Waals surface area contributed by atoms with Gasteiger partial charge in [-0.05, 0) is 24.1 Å². The molecule has 1 saturated heterocycles. The number of nitrogens with zero attached hydrogens (tertiary/aromatic N) is 6. The summed E-state index contributed by atoms with van der Waals surface area (Å²) >= 11 is 0. The van der Waals surface area contributed by atoms with E-state index in [4.69, 9.17) is 9.90 Å². The van der Waals surface area contributed by atoms with Crippen LogP contribution in [0, 0.1) is 17.2 Å². The molecule has 0 aliphatic carbocycles. The van der Waals surface area contributed by atoms with Crippen LogP contribution in [0.25, 0.3) is 22.5 Å². The summed E-state index contributed by atoms with van der Waals surface area (Å²) in [6.07, 6.45) is 0.320. The van der Waals surface area contributed by atoms with E-state index in [1.807, 2.05) is 37.6 Å². The smallest absolute Gasteiger partial charge is 0.475 e. The quantitative estimate of drug-likeness (QED) is 0.437. The number of hydrogen-bond donors (Lipinski definition) is 3. The van der Waals surface area contributed by atoms with Gasteiger partial charge < -0.3 is 25.2 Å². The average molecular weight is 531 g/mol. The van der Waals surface area contributed by atoms with Crippen molar-refractivity contribution in [2.75, 3.05) is 49.6 Å². The van der Waals surface area contributed by atoms with E-state index < -0.39 is 12.1 Å². The third-order valence-electron chi connectivity index (χ3n) is 5.58. The molecule has 13 heteroatoms. The molecule has 3 aromatic rings. The van der Waals surface area contributed by atoms with Crippen LogP contribution in [0.1, 0.15) is 19.4 Å². The predicted octanol–water partition coefficient (Wildman–Crippen LogP) is 3.54. The van der Waals surface area contributed by atoms with Crippen molar-refractivity contribution >= 4 is 17.7 Å². The number of anilines is 2. The number of piperazine rings is 1. The van der Waals surface area contributed by atoms with E-state index in [1.54, 1.807) is 6.20 Å². The number of rotatable bonds is 6. The first kappa shape index (κ1) is 28.4. The average Bonchev–Trinajstić information content (AvgIpc) is 3.33. The van der Waals surface area contributed by atoms with Crippen LogP contribution in [0.4, 0.5) is 24.9 Å². The van der Waals surface area contributed by atoms with Gasteiger partial charge in [-0.25, -0.2) is 14.8 Å². The summed E-state index contributed by atoms with van der Waals surface area (Å²) in [4.78, 5) is 30.2. The number of nitriles is 1. The van der Waals surface area contributed by atoms with Crippen molar-refractivity contribution < 1.29 is 23.1 Å². The summed E-state index contributed by atoms with van der Waals surface area (Å²) in [5.41, 5.74) is 4.20. The Morgan fingerprint density at radius 3 is 2.37 bits per heavy atom. The van der Waals surface area contributed by atoms with Gasteiger partial charge in [0, 0.05) is 75.2 Å². The number of aliphatic carboxylic acids is 1. The van der Waals surface area contributed by atoms with Crippen molar-refractivity contribution in [3.63, 3.8) is 0 Å². The molecule has 0 spiro atoms. The van der Waals surface area contributed by atoms with Gasteiger partial charge >= 0.3 is 12.1 Å². The van der Waals surface area contributed by atoms with Crippen LogP contribution in [0.15, 0.2) is 36.8 Å². The third kappa shape index (κ3) is 7.42. The second kappa shape index (κ2) is 12.4. The molecule has 4 heterocycles. The standard InChI is InChI=1S/C23H28N8.C2HF3O2/c1-16(2)15-30(3)23-27-13-19(14-28-23)20-10-17(4-5-26-20)21-11-18(12-24)22(29-21)31-8-6-25-7-9-31;3-2(4,5)1(6)7/h4-5,10-11,13-14,16,25,29H,6-9,15H2,1-3H3;(H,6,7). The van der Waals surface area contributed by atoms with Gasteiger partial charge in [-0.1, -0.05) is 13.8 Å². The second-order valence-electron chi connectivity index (χ2n) is 9.07. The van der Waals surface area contributed by atoms with Crippen molar-refractivity contribution in [3.8, 4) is 28.6 Å². The summed E-state index contributed by atoms with van der Waals surface area (Å²) < 4.78 is 31.7. The van der Waals surface area contributed by atoms with Crippen LogP contribution in [-0.2, 0) is 4.79 Å². The molecule has 0 radical (unpaired) electrons. The zero-order valence-corrected chi connectivity index (χ0v) is 21.2. The number of H-pyrrole nitrogens is 1. The van der Waals surface area contributed by atoms with Crippen LogP contribution in [0.3, 0.4) is 0 Å². The maximum Gasteiger partial charge on any atom is 0.490 e. The van der Waals surface area contributed by atoms with E-state index in [-0.39, 0.29) is 0 Å². The molecule has 0 saturated carbocycles. The highest BCUT2D eigenvalue weighted by atomic mass is 19.4. The molecule has 1 fully saturated rings. The topological polar surface area (TPSA) is 134 Å². The normalized spacial score (nSPS) is 13.5. The number of alkyl halides is 3. The SMILES string of the molecule is CC(C)CN(C)c1ncc(-c2cc(-c3cc(C#N)c(N4CCNCC4)[nH]3)ccn2)cn1.O=C(O)C(F)(F)F. The van der Waals surface area contributed by atoms with Gasteiger partial charge in [0.05, 0.1) is 11.3 Å². The predicted molar refractivity (Wildman–Crippen MR) is 137 cm³/mol. The van der Waals surface area contributed by atoms with E-state index in [2.05, 4.69) is 55.0 Å². The fourth-order valence-corrected chi connectivity index (χ4v) is 3.86. The Bertz CT molecular complexity index is 1260. The van der Waals surface area contributed by atoms with Gasteiger partial charge in [0.15, 0.2) is 0 Å². The van der Waals surface area contributed by atoms with Crippen LogP contribution >= 0.6 is 0 Å². The lowest BCUT2D eigenvalue weighted by Crippen LogP contribution is -2.44. The lowest BCUT2D eigenvalue weighted by molar-refractivity contribution is -0.192. The Labute approximate surface area is 218 Å². The molecule has 1 aliphatic rings. The van der Waals surface area contributed by atoms with Crippen molar-refractivity contribution in [1.82, 2.24) is 25.3 Å². The first-order valence-electron chi connectivity index (χ1n) is 11.9. The Morgan fingerprint density at radius 2 is 1.82 bits per heavy atom. The van der Waals surface area contributed by atoms with Crippen LogP contribution in [-0.4, -0.2) is 77.0 Å². The molecule has 38 heavy (non-hydrogen) atoms. The summed E-state index contributed by atoms with van der Waals surface area (Å²) in [5, 5.41) is 20.1. The summed E-state index contributed by atoms with van der Waals surface area (Å²) in [6, 6.07) is 8.19. The highest BCUT2D eigenvalue weighted by Crippen LogP contribution is 2.29. The molecule has 0 bridgehead atoms. The number of carboxylic acids is 1. The summed E-state index contributed by atoms with van der Waals surface area (Å²) in [6.45, 7) is 8.84. The fourth-order valence-electron chi connectivity index (χ4n) is 3.86. The molecule has 10 nitrogen and oxygen atoms in total. The van der Waals surface area contributed by atoms with E-state index in [0.717, 1.165) is 61.1 Å². The van der Waals surface area contributed by atoms with E-state index in [1.165, 1.54) is 0 Å². The molecule has 0 amide bonds. The van der Waals surface area contributed by atoms with Crippen molar-refractivity contribution in [1.29, 1.82) is 5.26 Å². The number of hydrogen-bond acceptors (Lipinski definition) is 8. The highest BCUT2D eigenvalue weighted by Gasteiger charge is 2.38. The van der Waals surface area contributed by atoms with E-state index >= 15 is 0 Å². The summed E-state index contributed by atoms with van der Waals surface area (Å²) in [5.74, 6) is -0.625. The second-order valence-corrected chi connectivity index (χ2v) is 9.07. The number of halogens is 3. The van der Waals surface area contributed by atoms with Gasteiger partial charge in [0.25, 0.3) is 0 Å². The minimum Gasteiger partial charge on any atom is -0.475 e. The Balaban J connectivity index is 0.000000505. The zero-order chi connectivity index (χ0) is 27.9. The number of aromatic amines is 1. The molecular formula is C25H29F3N8O2. The number of carboxylic acid groups (broad SMARTS) is 1. The van der Waals surface area contributed by atoms with Crippen LogP contribution in [0.2, 0.25) is 0 Å². The maximum atomic E-state index is 10.6. The largest absolute Gasteiger partial charge is 0.490 e. The molecule has 0 unspecified atom stereocenters. The number of nitrogens with one attached hydrogen (secondary N) is 2. The number of pyridine rings is 1. The summed E-state index contributed by atoms with van der Waals surface area (Å²) in [7, 11) is 2.00. The minimum atomic E-state index is -5.08. The Morgan fingerprint density at radius 1 is 1.18 bits per heavy atom. The van der Waals surface area contributed by atoms with Gasteiger partial charge in [-0.15, -0.1) is 0 Å². The monoisotopic (exact) mass is 530 g/mol. The lowest BCUT2D eigenvalue weighted by atomic mass is 10.1. The first-order chi connectivity index (χ1) is 18.0. The number of aromatic nitrogens is 4. The third-order valence-corrected chi connectivity index (χ3v) is 5.58. The van der Waals surface area contributed by atoms with Crippen LogP contribution in [0.5, 0.6) is 0 Å². The first-order valence-corrected chi connectivity index (χ1v) is 11.9. The van der Waals surface area contributed by atoms with Crippen molar-refractivity contribution in [3.05, 3.63) is 42.4 Å². The van der Waals surface area contributed by atoms with Crippen molar-refractivity contribution in [2.24, 2.45) is 5.92 Å². The molecule has 3 aromatic heterocycles. The molecular weight excluding hydrogens is 501 g/mol. The number of carbonyl (C=O) groups is 1. The van der Waals surface area contributed by atoms with Gasteiger partial charge in [0.2, 0.25) is 5.95 Å². The minimum absolute atomic E-state index is 0.539. The van der Waals surface area contributed by atoms with Crippen LogP contribution < -0.4 is 15.1 Å². The fraction of sp³-hybridized carbons (Fsp3) is 0.400. The molecule has 0 atom stereocenters. The van der Waals surface area contributed by atoms with Gasteiger partial charge in [-0.2, -0.15) is 18.4 Å². The molecule has 4 rings (SSSR count). The molecule has 1 aliphatic heterocycles. The van der Waals surface area contributed by atoms with Gasteiger partial charge in [0.1, 0.15) is 11.9 Å². The van der Waals surface area contributed by atoms with Crippen molar-refractivity contribution in [2.45, 2.75) is 20.0 Å². The maximum absolute atomic E-state index is 10.6. The zero-order valence-electron chi connectivity index (χ0n) is 21.2. The highest BCUT2D eigenvalue weighted by molar-refractivity contribution is 5.73. The molecule has 202 valence electrons. The molecule has 3 N–H and O–H groups in total. The Hall–Kier alpha value is -4.18. The van der Waals surface area contributed by atoms with E-state index in [0.29, 0.717) is 17.4 Å².